The van der Waals surface area contributed by atoms with Gasteiger partial charge in [0.15, 0.2) is 11.6 Å². The molecule has 0 fully saturated rings. The van der Waals surface area contributed by atoms with Crippen LogP contribution in [0.4, 0.5) is 10.1 Å². The molecule has 0 aliphatic rings. The Kier molecular flexibility index (Phi) is 7.38. The Hall–Kier alpha value is -4.03. The van der Waals surface area contributed by atoms with Gasteiger partial charge in [0, 0.05) is 11.1 Å². The van der Waals surface area contributed by atoms with Gasteiger partial charge in [-0.15, -0.1) is 0 Å². The average Bonchev–Trinajstić information content (AvgIpc) is 2.74. The number of nitrogens with two attached hydrogens (primary N) is 1. The lowest BCUT2D eigenvalue weighted by molar-refractivity contribution is -0.191. The molecular formula is C22H19FN2O5. The second kappa shape index (κ2) is 9.95. The Morgan fingerprint density at radius 3 is 2.17 bits per heavy atom. The van der Waals surface area contributed by atoms with E-state index in [0.717, 1.165) is 11.1 Å². The van der Waals surface area contributed by atoms with E-state index in [4.69, 9.17) is 24.8 Å². The number of pyridine rings is 1. The van der Waals surface area contributed by atoms with Crippen LogP contribution in [0.15, 0.2) is 48.5 Å². The van der Waals surface area contributed by atoms with Crippen molar-refractivity contribution in [2.75, 3.05) is 20.0 Å². The van der Waals surface area contributed by atoms with E-state index in [0.29, 0.717) is 17.0 Å². The van der Waals surface area contributed by atoms with E-state index in [2.05, 4.69) is 4.98 Å². The summed E-state index contributed by atoms with van der Waals surface area (Å²) in [5, 5.41) is 0. The van der Waals surface area contributed by atoms with E-state index in [-0.39, 0.29) is 23.2 Å². The molecule has 30 heavy (non-hydrogen) atoms. The largest absolute Gasteiger partial charge is 0.494 e. The highest BCUT2D eigenvalue weighted by molar-refractivity contribution is 5.99. The second-order valence-electron chi connectivity index (χ2n) is 6.11. The van der Waals surface area contributed by atoms with Gasteiger partial charge in [0.05, 0.1) is 36.9 Å². The Bertz CT molecular complexity index is 1090. The fourth-order valence-corrected chi connectivity index (χ4v) is 2.74. The first-order valence-corrected chi connectivity index (χ1v) is 8.65. The Balaban J connectivity index is 0.00000101. The monoisotopic (exact) mass is 410 g/mol. The molecule has 0 amide bonds. The third-order valence-electron chi connectivity index (χ3n) is 4.24. The third-order valence-corrected chi connectivity index (χ3v) is 4.24. The summed E-state index contributed by atoms with van der Waals surface area (Å²) < 4.78 is 23.9. The van der Waals surface area contributed by atoms with E-state index in [1.54, 1.807) is 6.07 Å². The van der Waals surface area contributed by atoms with Gasteiger partial charge in [-0.05, 0) is 31.2 Å². The average molecular weight is 410 g/mol. The van der Waals surface area contributed by atoms with E-state index < -0.39 is 11.8 Å². The molecule has 0 atom stereocenters. The molecule has 1 heterocycles. The zero-order valence-corrected chi connectivity index (χ0v) is 16.6. The number of carbonyl (C=O) groups is 1. The molecule has 2 N–H and O–H groups in total. The first-order chi connectivity index (χ1) is 14.4. The number of benzene rings is 2. The number of methoxy groups -OCH3 is 2. The first kappa shape index (κ1) is 22.3. The van der Waals surface area contributed by atoms with E-state index >= 15 is 0 Å². The molecule has 0 radical (unpaired) electrons. The summed E-state index contributed by atoms with van der Waals surface area (Å²) in [5.74, 6) is -0.982. The lowest BCUT2D eigenvalue weighted by Crippen LogP contribution is -2.09. The highest BCUT2D eigenvalue weighted by Crippen LogP contribution is 2.33. The van der Waals surface area contributed by atoms with Crippen LogP contribution < -0.4 is 10.5 Å². The molecule has 1 aromatic heterocycles. The van der Waals surface area contributed by atoms with Crippen LogP contribution in [-0.4, -0.2) is 31.3 Å². The molecule has 0 unspecified atom stereocenters. The van der Waals surface area contributed by atoms with Gasteiger partial charge >= 0.3 is 12.1 Å². The number of anilines is 1. The quantitative estimate of drug-likeness (QED) is 0.654. The fraction of sp³-hybridized carbons (Fsp3) is 0.136. The zero-order chi connectivity index (χ0) is 22.3. The van der Waals surface area contributed by atoms with Gasteiger partial charge in [-0.2, -0.15) is 9.59 Å². The summed E-state index contributed by atoms with van der Waals surface area (Å²) in [6.07, 6.45) is 0.250. The number of halogens is 1. The number of esters is 1. The number of aryl methyl sites for hydroxylation is 1. The summed E-state index contributed by atoms with van der Waals surface area (Å²) in [4.78, 5) is 33.0. The lowest BCUT2D eigenvalue weighted by atomic mass is 10.0. The van der Waals surface area contributed by atoms with Gasteiger partial charge in [-0.1, -0.05) is 29.8 Å². The van der Waals surface area contributed by atoms with E-state index in [1.165, 1.54) is 32.4 Å². The topological polar surface area (TPSA) is 109 Å². The zero-order valence-electron chi connectivity index (χ0n) is 16.6. The Labute approximate surface area is 172 Å². The lowest BCUT2D eigenvalue weighted by Gasteiger charge is -2.13. The van der Waals surface area contributed by atoms with Crippen molar-refractivity contribution >= 4 is 17.8 Å². The van der Waals surface area contributed by atoms with Crippen molar-refractivity contribution in [2.24, 2.45) is 0 Å². The van der Waals surface area contributed by atoms with Gasteiger partial charge in [0.1, 0.15) is 0 Å². The summed E-state index contributed by atoms with van der Waals surface area (Å²) in [6, 6.07) is 13.6. The molecule has 3 rings (SSSR count). The Morgan fingerprint density at radius 1 is 1.03 bits per heavy atom. The van der Waals surface area contributed by atoms with Crippen LogP contribution in [0, 0.1) is 12.7 Å². The van der Waals surface area contributed by atoms with Crippen molar-refractivity contribution in [3.05, 3.63) is 65.5 Å². The molecular weight excluding hydrogens is 391 g/mol. The molecule has 0 spiro atoms. The smallest absolute Gasteiger partial charge is 0.373 e. The number of ether oxygens (including phenoxy) is 2. The highest BCUT2D eigenvalue weighted by Gasteiger charge is 2.19. The summed E-state index contributed by atoms with van der Waals surface area (Å²) in [7, 11) is 2.67. The van der Waals surface area contributed by atoms with Gasteiger partial charge in [-0.3, -0.25) is 0 Å². The number of hydrogen-bond donors (Lipinski definition) is 1. The maximum absolute atomic E-state index is 14.1. The third kappa shape index (κ3) is 4.87. The number of rotatable bonds is 4. The van der Waals surface area contributed by atoms with Gasteiger partial charge in [0.25, 0.3) is 0 Å². The molecule has 0 bridgehead atoms. The van der Waals surface area contributed by atoms with Crippen LogP contribution >= 0.6 is 0 Å². The summed E-state index contributed by atoms with van der Waals surface area (Å²) in [5.41, 5.74) is 9.74. The van der Waals surface area contributed by atoms with E-state index in [1.807, 2.05) is 31.2 Å². The van der Waals surface area contributed by atoms with Crippen LogP contribution in [0.2, 0.25) is 0 Å². The molecule has 0 aliphatic carbocycles. The predicted molar refractivity (Wildman–Crippen MR) is 107 cm³/mol. The summed E-state index contributed by atoms with van der Waals surface area (Å²) >= 11 is 0. The number of hydrogen-bond acceptors (Lipinski definition) is 7. The normalized spacial score (nSPS) is 9.73. The van der Waals surface area contributed by atoms with Crippen LogP contribution in [-0.2, 0) is 14.3 Å². The van der Waals surface area contributed by atoms with Crippen molar-refractivity contribution in [2.45, 2.75) is 6.92 Å². The number of nitrogens with zero attached hydrogens (tertiary/aromatic N) is 1. The molecule has 0 saturated heterocycles. The van der Waals surface area contributed by atoms with Crippen LogP contribution in [0.1, 0.15) is 15.9 Å². The molecule has 0 saturated carbocycles. The van der Waals surface area contributed by atoms with Crippen molar-refractivity contribution in [3.63, 3.8) is 0 Å². The fourth-order valence-electron chi connectivity index (χ4n) is 2.74. The minimum absolute atomic E-state index is 0.126. The number of nitrogen functional groups attached to an aromatic ring is 1. The van der Waals surface area contributed by atoms with Gasteiger partial charge < -0.3 is 15.2 Å². The molecule has 154 valence electrons. The molecule has 7 nitrogen and oxygen atoms in total. The number of aromatic nitrogens is 1. The predicted octanol–water partition coefficient (Wildman–Crippen LogP) is 3.66. The minimum Gasteiger partial charge on any atom is -0.494 e. The minimum atomic E-state index is -0.585. The first-order valence-electron chi connectivity index (χ1n) is 8.65. The van der Waals surface area contributed by atoms with Crippen LogP contribution in [0.25, 0.3) is 22.5 Å². The molecule has 2 aromatic carbocycles. The van der Waals surface area contributed by atoms with Crippen molar-refractivity contribution in [1.29, 1.82) is 0 Å². The van der Waals surface area contributed by atoms with Gasteiger partial charge in [-0.25, -0.2) is 14.2 Å². The second-order valence-corrected chi connectivity index (χ2v) is 6.11. The molecule has 8 heteroatoms. The van der Waals surface area contributed by atoms with E-state index in [9.17, 15) is 9.18 Å². The molecule has 0 aliphatic heterocycles. The Morgan fingerprint density at radius 2 is 1.63 bits per heavy atom. The van der Waals surface area contributed by atoms with Crippen LogP contribution in [0.5, 0.6) is 5.75 Å². The highest BCUT2D eigenvalue weighted by atomic mass is 19.1. The van der Waals surface area contributed by atoms with Gasteiger partial charge in [0.2, 0.25) is 0 Å². The van der Waals surface area contributed by atoms with Crippen molar-refractivity contribution in [3.8, 4) is 28.3 Å². The van der Waals surface area contributed by atoms with Crippen molar-refractivity contribution in [1.82, 2.24) is 4.98 Å². The standard InChI is InChI=1S/C21H19FN2O3.CO2/c1-12-4-6-13(7-5-12)20-19(23)15(21(25)27-3)11-17(24-20)14-8-9-18(26-2)16(22)10-14;2-1-3/h4-11H,23H2,1-3H3;. The molecule has 3 aromatic rings. The SMILES string of the molecule is COC(=O)c1cc(-c2ccc(OC)c(F)c2)nc(-c2ccc(C)cc2)c1N.O=C=O. The van der Waals surface area contributed by atoms with Crippen LogP contribution in [0.3, 0.4) is 0 Å². The summed E-state index contributed by atoms with van der Waals surface area (Å²) in [6.45, 7) is 1.97. The van der Waals surface area contributed by atoms with Crippen molar-refractivity contribution < 1.29 is 28.2 Å². The number of carbonyl (C=O) groups excluding carboxylic acids is 3. The maximum atomic E-state index is 14.1. The maximum Gasteiger partial charge on any atom is 0.373 e.